The quantitative estimate of drug-likeness (QED) is 0.770. The maximum atomic E-state index is 12.2. The van der Waals surface area contributed by atoms with E-state index in [2.05, 4.69) is 10.2 Å². The molecule has 92 valence electrons. The highest BCUT2D eigenvalue weighted by Gasteiger charge is 2.29. The number of hydrogen-bond acceptors (Lipinski definition) is 5. The summed E-state index contributed by atoms with van der Waals surface area (Å²) in [6.45, 7) is 0.306. The fourth-order valence-electron chi connectivity index (χ4n) is 1.86. The van der Waals surface area contributed by atoms with Crippen LogP contribution in [0.4, 0.5) is 5.82 Å². The minimum absolute atomic E-state index is 0.0371. The Hall–Kier alpha value is -1.69. The third kappa shape index (κ3) is 2.52. The van der Waals surface area contributed by atoms with E-state index in [-0.39, 0.29) is 24.2 Å². The van der Waals surface area contributed by atoms with E-state index < -0.39 is 0 Å². The lowest BCUT2D eigenvalue weighted by Gasteiger charge is -2.36. The van der Waals surface area contributed by atoms with Crippen LogP contribution < -0.4 is 5.73 Å². The Kier molecular flexibility index (Phi) is 3.53. The maximum absolute atomic E-state index is 12.2. The second-order valence-electron chi connectivity index (χ2n) is 4.15. The van der Waals surface area contributed by atoms with Crippen LogP contribution in [-0.4, -0.2) is 45.3 Å². The number of nitrogens with zero attached hydrogens (tertiary/aromatic N) is 3. The Labute approximate surface area is 99.4 Å². The molecule has 1 aliphatic rings. The monoisotopic (exact) mass is 236 g/mol. The summed E-state index contributed by atoms with van der Waals surface area (Å²) in [5, 5.41) is 16.4. The van der Waals surface area contributed by atoms with Crippen molar-refractivity contribution in [3.8, 4) is 0 Å². The van der Waals surface area contributed by atoms with Crippen LogP contribution in [-0.2, 0) is 0 Å². The van der Waals surface area contributed by atoms with E-state index >= 15 is 0 Å². The van der Waals surface area contributed by atoms with Crippen molar-refractivity contribution in [3.63, 3.8) is 0 Å². The number of aliphatic hydroxyl groups excluding tert-OH is 1. The molecule has 0 aliphatic heterocycles. The Morgan fingerprint density at radius 1 is 1.47 bits per heavy atom. The van der Waals surface area contributed by atoms with Crippen molar-refractivity contribution in [2.24, 2.45) is 0 Å². The van der Waals surface area contributed by atoms with E-state index in [1.807, 2.05) is 0 Å². The number of rotatable bonds is 4. The number of hydrogen-bond donors (Lipinski definition) is 2. The smallest absolute Gasteiger partial charge is 0.274 e. The fourth-order valence-corrected chi connectivity index (χ4v) is 1.86. The molecule has 3 N–H and O–H groups in total. The summed E-state index contributed by atoms with van der Waals surface area (Å²) < 4.78 is 0. The SMILES string of the molecule is Nc1ccc(C(=O)N(CCO)C2CCC2)nn1. The molecule has 6 heteroatoms. The average Bonchev–Trinajstić information content (AvgIpc) is 2.26. The lowest BCUT2D eigenvalue weighted by molar-refractivity contribution is 0.0519. The minimum Gasteiger partial charge on any atom is -0.395 e. The van der Waals surface area contributed by atoms with Crippen molar-refractivity contribution in [3.05, 3.63) is 17.8 Å². The highest BCUT2D eigenvalue weighted by molar-refractivity contribution is 5.92. The number of aromatic nitrogens is 2. The van der Waals surface area contributed by atoms with Crippen molar-refractivity contribution in [2.75, 3.05) is 18.9 Å². The third-order valence-electron chi connectivity index (χ3n) is 3.02. The molecule has 17 heavy (non-hydrogen) atoms. The van der Waals surface area contributed by atoms with E-state index in [9.17, 15) is 4.79 Å². The molecule has 1 fully saturated rings. The van der Waals surface area contributed by atoms with E-state index in [0.29, 0.717) is 12.4 Å². The molecule has 2 rings (SSSR count). The van der Waals surface area contributed by atoms with E-state index in [1.54, 1.807) is 17.0 Å². The van der Waals surface area contributed by atoms with Gasteiger partial charge in [-0.3, -0.25) is 4.79 Å². The summed E-state index contributed by atoms with van der Waals surface area (Å²) in [6, 6.07) is 3.35. The molecule has 0 bridgehead atoms. The van der Waals surface area contributed by atoms with Crippen LogP contribution in [0.5, 0.6) is 0 Å². The topological polar surface area (TPSA) is 92.3 Å². The van der Waals surface area contributed by atoms with Crippen molar-refractivity contribution in [2.45, 2.75) is 25.3 Å². The van der Waals surface area contributed by atoms with Crippen LogP contribution in [0.25, 0.3) is 0 Å². The molecule has 1 amide bonds. The van der Waals surface area contributed by atoms with Crippen LogP contribution in [0, 0.1) is 0 Å². The molecule has 1 aromatic rings. The summed E-state index contributed by atoms with van der Waals surface area (Å²) in [4.78, 5) is 13.8. The van der Waals surface area contributed by atoms with Crippen LogP contribution in [0.3, 0.4) is 0 Å². The summed E-state index contributed by atoms with van der Waals surface area (Å²) in [6.07, 6.45) is 3.12. The molecule has 1 aliphatic carbocycles. The number of carbonyl (C=O) groups is 1. The number of amides is 1. The first kappa shape index (κ1) is 11.8. The van der Waals surface area contributed by atoms with Crippen molar-refractivity contribution < 1.29 is 9.90 Å². The molecule has 6 nitrogen and oxygen atoms in total. The molecular formula is C11H16N4O2. The van der Waals surface area contributed by atoms with E-state index in [0.717, 1.165) is 19.3 Å². The Bertz CT molecular complexity index is 389. The van der Waals surface area contributed by atoms with Gasteiger partial charge in [0.1, 0.15) is 5.82 Å². The first-order valence-electron chi connectivity index (χ1n) is 5.73. The van der Waals surface area contributed by atoms with Crippen molar-refractivity contribution in [1.82, 2.24) is 15.1 Å². The molecule has 1 heterocycles. The number of carbonyl (C=O) groups excluding carboxylic acids is 1. The normalized spacial score (nSPS) is 15.4. The van der Waals surface area contributed by atoms with Crippen LogP contribution >= 0.6 is 0 Å². The third-order valence-corrected chi connectivity index (χ3v) is 3.02. The first-order chi connectivity index (χ1) is 8.22. The van der Waals surface area contributed by atoms with Crippen LogP contribution in [0.2, 0.25) is 0 Å². The van der Waals surface area contributed by atoms with E-state index in [4.69, 9.17) is 10.8 Å². The van der Waals surface area contributed by atoms with Crippen LogP contribution in [0.1, 0.15) is 29.8 Å². The number of aliphatic hydroxyl groups is 1. The van der Waals surface area contributed by atoms with Crippen molar-refractivity contribution >= 4 is 11.7 Å². The van der Waals surface area contributed by atoms with Gasteiger partial charge in [0.25, 0.3) is 5.91 Å². The predicted octanol–water partition coefficient (Wildman–Crippen LogP) is 0.0458. The molecule has 0 spiro atoms. The molecule has 0 saturated heterocycles. The lowest BCUT2D eigenvalue weighted by atomic mass is 9.91. The zero-order chi connectivity index (χ0) is 12.3. The summed E-state index contributed by atoms with van der Waals surface area (Å²) >= 11 is 0. The van der Waals surface area contributed by atoms with Gasteiger partial charge in [-0.05, 0) is 31.4 Å². The fraction of sp³-hybridized carbons (Fsp3) is 0.545. The van der Waals surface area contributed by atoms with Gasteiger partial charge in [0, 0.05) is 12.6 Å². The summed E-state index contributed by atoms with van der Waals surface area (Å²) in [7, 11) is 0. The average molecular weight is 236 g/mol. The Balaban J connectivity index is 2.12. The highest BCUT2D eigenvalue weighted by atomic mass is 16.3. The zero-order valence-corrected chi connectivity index (χ0v) is 9.54. The van der Waals surface area contributed by atoms with Gasteiger partial charge in [0.2, 0.25) is 0 Å². The molecule has 0 unspecified atom stereocenters. The van der Waals surface area contributed by atoms with Crippen molar-refractivity contribution in [1.29, 1.82) is 0 Å². The number of anilines is 1. The zero-order valence-electron chi connectivity index (χ0n) is 9.54. The molecular weight excluding hydrogens is 220 g/mol. The molecule has 1 saturated carbocycles. The standard InChI is InChI=1S/C11H16N4O2/c12-10-5-4-9(13-14-10)11(17)15(6-7-16)8-2-1-3-8/h4-5,8,16H,1-3,6-7H2,(H2,12,14). The van der Waals surface area contributed by atoms with Gasteiger partial charge in [-0.25, -0.2) is 0 Å². The van der Waals surface area contributed by atoms with Gasteiger partial charge < -0.3 is 15.7 Å². The van der Waals surface area contributed by atoms with Gasteiger partial charge in [0.05, 0.1) is 6.61 Å². The Morgan fingerprint density at radius 2 is 2.24 bits per heavy atom. The first-order valence-corrected chi connectivity index (χ1v) is 5.73. The highest BCUT2D eigenvalue weighted by Crippen LogP contribution is 2.25. The lowest BCUT2D eigenvalue weighted by Crippen LogP contribution is -2.46. The largest absolute Gasteiger partial charge is 0.395 e. The van der Waals surface area contributed by atoms with Gasteiger partial charge in [0.15, 0.2) is 5.69 Å². The number of nitrogen functional groups attached to an aromatic ring is 1. The minimum atomic E-state index is -0.184. The predicted molar refractivity (Wildman–Crippen MR) is 62.2 cm³/mol. The maximum Gasteiger partial charge on any atom is 0.274 e. The van der Waals surface area contributed by atoms with Gasteiger partial charge >= 0.3 is 0 Å². The van der Waals surface area contributed by atoms with Crippen LogP contribution in [0.15, 0.2) is 12.1 Å². The van der Waals surface area contributed by atoms with E-state index in [1.165, 1.54) is 0 Å². The second-order valence-corrected chi connectivity index (χ2v) is 4.15. The second kappa shape index (κ2) is 5.09. The molecule has 1 aromatic heterocycles. The summed E-state index contributed by atoms with van der Waals surface area (Å²) in [5.41, 5.74) is 5.70. The molecule has 0 aromatic carbocycles. The van der Waals surface area contributed by atoms with Gasteiger partial charge in [-0.2, -0.15) is 0 Å². The summed E-state index contributed by atoms with van der Waals surface area (Å²) in [5.74, 6) is 0.107. The molecule has 0 atom stereocenters. The molecule has 0 radical (unpaired) electrons. The Morgan fingerprint density at radius 3 is 2.71 bits per heavy atom. The van der Waals surface area contributed by atoms with Gasteiger partial charge in [-0.15, -0.1) is 10.2 Å². The van der Waals surface area contributed by atoms with Gasteiger partial charge in [-0.1, -0.05) is 0 Å². The number of nitrogens with two attached hydrogens (primary N) is 1.